The minimum Gasteiger partial charge on any atom is -0.0879 e. The Morgan fingerprint density at radius 2 is 1.46 bits per heavy atom. The summed E-state index contributed by atoms with van der Waals surface area (Å²) in [4.78, 5) is 0. The van der Waals surface area contributed by atoms with E-state index in [9.17, 15) is 0 Å². The molecule has 0 heterocycles. The third-order valence-electron chi connectivity index (χ3n) is 9.03. The van der Waals surface area contributed by atoms with Gasteiger partial charge in [-0.25, -0.2) is 0 Å². The van der Waals surface area contributed by atoms with Gasteiger partial charge in [0.1, 0.15) is 0 Å². The van der Waals surface area contributed by atoms with Gasteiger partial charge in [-0.2, -0.15) is 0 Å². The fraction of sp³-hybridized carbons (Fsp3) is 0.417. The molecule has 0 bridgehead atoms. The van der Waals surface area contributed by atoms with Gasteiger partial charge >= 0.3 is 0 Å². The Morgan fingerprint density at radius 3 is 2.25 bits per heavy atom. The molecule has 7 aliphatic carbocycles. The average Bonchev–Trinajstić information content (AvgIpc) is 3.14. The van der Waals surface area contributed by atoms with Crippen LogP contribution in [0.3, 0.4) is 0 Å². The van der Waals surface area contributed by atoms with Gasteiger partial charge in [0.25, 0.3) is 0 Å². The minimum atomic E-state index is 0.667. The number of allylic oxidation sites excluding steroid dienone is 2. The highest BCUT2D eigenvalue weighted by Crippen LogP contribution is 2.77. The zero-order valence-electron chi connectivity index (χ0n) is 13.6. The Hall–Kier alpha value is -1.82. The van der Waals surface area contributed by atoms with Crippen LogP contribution < -0.4 is 0 Å². The summed E-state index contributed by atoms with van der Waals surface area (Å²) in [6.07, 6.45) is 10.4. The van der Waals surface area contributed by atoms with Gasteiger partial charge in [0.05, 0.1) is 0 Å². The number of fused-ring (bicyclic) bond motifs is 5. The topological polar surface area (TPSA) is 0 Å². The van der Waals surface area contributed by atoms with Crippen LogP contribution in [0.25, 0.3) is 11.1 Å². The summed E-state index contributed by atoms with van der Waals surface area (Å²) in [5.41, 5.74) is 17.8. The van der Waals surface area contributed by atoms with E-state index in [0.717, 1.165) is 29.6 Å². The van der Waals surface area contributed by atoms with E-state index in [2.05, 4.69) is 24.3 Å². The van der Waals surface area contributed by atoms with E-state index in [1.54, 1.807) is 33.4 Å². The predicted molar refractivity (Wildman–Crippen MR) is 94.0 cm³/mol. The maximum absolute atomic E-state index is 2.67. The molecule has 24 heavy (non-hydrogen) atoms. The standard InChI is InChI=1S/C24H18/c1-2-4-12-11(3-1)13-5-9-7-15-17(9)22-20(13)21-14(12)6-10-8-16-18(10)23(21)24(22)19(15)16/h1,3,5-6,11-12,15-16,19,24H,2,4,7-8H2. The van der Waals surface area contributed by atoms with Crippen molar-refractivity contribution in [3.8, 4) is 11.1 Å². The first kappa shape index (κ1) is 10.9. The van der Waals surface area contributed by atoms with Gasteiger partial charge in [-0.15, -0.1) is 0 Å². The molecule has 2 aromatic rings. The third kappa shape index (κ3) is 0.786. The Morgan fingerprint density at radius 1 is 0.750 bits per heavy atom. The van der Waals surface area contributed by atoms with Gasteiger partial charge in [-0.05, 0) is 105 Å². The molecule has 7 aliphatic rings. The summed E-state index contributed by atoms with van der Waals surface area (Å²) in [7, 11) is 0. The minimum absolute atomic E-state index is 0.667. The van der Waals surface area contributed by atoms with E-state index in [0.29, 0.717) is 5.92 Å². The first-order chi connectivity index (χ1) is 11.9. The zero-order chi connectivity index (χ0) is 14.9. The molecule has 0 aromatic heterocycles. The molecule has 0 saturated heterocycles. The fourth-order valence-corrected chi connectivity index (χ4v) is 8.42. The first-order valence-corrected chi connectivity index (χ1v) is 9.98. The van der Waals surface area contributed by atoms with E-state index in [1.165, 1.54) is 25.7 Å². The summed E-state index contributed by atoms with van der Waals surface area (Å²) >= 11 is 0. The summed E-state index contributed by atoms with van der Waals surface area (Å²) in [6.45, 7) is 0. The lowest BCUT2D eigenvalue weighted by Crippen LogP contribution is -2.28. The maximum Gasteiger partial charge on any atom is 0.0148 e. The van der Waals surface area contributed by atoms with Crippen molar-refractivity contribution < 1.29 is 0 Å². The summed E-state index contributed by atoms with van der Waals surface area (Å²) in [5, 5.41) is 0. The Kier molecular flexibility index (Phi) is 1.34. The molecule has 114 valence electrons. The van der Waals surface area contributed by atoms with Gasteiger partial charge in [0.15, 0.2) is 0 Å². The van der Waals surface area contributed by atoms with Crippen LogP contribution in [0.15, 0.2) is 24.3 Å². The maximum atomic E-state index is 2.67. The van der Waals surface area contributed by atoms with Crippen LogP contribution in [0.4, 0.5) is 0 Å². The highest BCUT2D eigenvalue weighted by Gasteiger charge is 2.63. The van der Waals surface area contributed by atoms with Gasteiger partial charge in [0, 0.05) is 11.8 Å². The predicted octanol–water partition coefficient (Wildman–Crippen LogP) is 5.25. The molecular weight excluding hydrogens is 288 g/mol. The van der Waals surface area contributed by atoms with Crippen LogP contribution in [0.2, 0.25) is 0 Å². The molecule has 0 spiro atoms. The molecule has 0 N–H and O–H groups in total. The third-order valence-corrected chi connectivity index (χ3v) is 9.03. The van der Waals surface area contributed by atoms with E-state index < -0.39 is 0 Å². The van der Waals surface area contributed by atoms with E-state index in [1.807, 2.05) is 22.3 Å². The Labute approximate surface area is 141 Å². The van der Waals surface area contributed by atoms with Crippen LogP contribution in [-0.4, -0.2) is 0 Å². The van der Waals surface area contributed by atoms with Gasteiger partial charge in [-0.3, -0.25) is 0 Å². The van der Waals surface area contributed by atoms with E-state index in [4.69, 9.17) is 0 Å². The van der Waals surface area contributed by atoms with Crippen LogP contribution >= 0.6 is 0 Å². The highest BCUT2D eigenvalue weighted by atomic mass is 14.7. The van der Waals surface area contributed by atoms with Crippen molar-refractivity contribution in [2.45, 2.75) is 55.3 Å². The molecule has 0 heteroatoms. The van der Waals surface area contributed by atoms with Crippen molar-refractivity contribution in [1.29, 1.82) is 0 Å². The lowest BCUT2D eigenvalue weighted by molar-refractivity contribution is 0.336. The van der Waals surface area contributed by atoms with Crippen molar-refractivity contribution in [2.24, 2.45) is 5.92 Å². The Balaban J connectivity index is 1.57. The number of rotatable bonds is 0. The number of hydrogen-bond acceptors (Lipinski definition) is 0. The molecule has 0 saturated carbocycles. The first-order valence-electron chi connectivity index (χ1n) is 9.98. The van der Waals surface area contributed by atoms with Gasteiger partial charge in [-0.1, -0.05) is 24.3 Å². The average molecular weight is 306 g/mol. The molecular formula is C24H18. The van der Waals surface area contributed by atoms with Crippen molar-refractivity contribution >= 4 is 0 Å². The van der Waals surface area contributed by atoms with Crippen molar-refractivity contribution in [2.75, 3.05) is 0 Å². The highest BCUT2D eigenvalue weighted by molar-refractivity contribution is 5.94. The lowest BCUT2D eigenvalue weighted by Gasteiger charge is -2.39. The quantitative estimate of drug-likeness (QED) is 0.583. The monoisotopic (exact) mass is 306 g/mol. The van der Waals surface area contributed by atoms with Gasteiger partial charge < -0.3 is 0 Å². The molecule has 9 rings (SSSR count). The molecule has 0 amide bonds. The molecule has 0 nitrogen and oxygen atoms in total. The molecule has 6 atom stereocenters. The second-order valence-electron chi connectivity index (χ2n) is 9.47. The SMILES string of the molecule is C1=CC2c3cc4c5c6c3-c3c(cc7c8c3C6C(C5C4)C8C7)C2CC1. The van der Waals surface area contributed by atoms with Crippen molar-refractivity contribution in [3.05, 3.63) is 68.8 Å². The van der Waals surface area contributed by atoms with E-state index in [-0.39, 0.29) is 0 Å². The zero-order valence-corrected chi connectivity index (χ0v) is 13.6. The Bertz CT molecular complexity index is 1100. The van der Waals surface area contributed by atoms with Crippen LogP contribution in [0.1, 0.15) is 86.9 Å². The number of hydrogen-bond donors (Lipinski definition) is 0. The smallest absolute Gasteiger partial charge is 0.0148 e. The molecule has 0 aliphatic heterocycles. The number of benzene rings is 2. The lowest BCUT2D eigenvalue weighted by atomic mass is 9.65. The second-order valence-corrected chi connectivity index (χ2v) is 9.47. The summed E-state index contributed by atoms with van der Waals surface area (Å²) < 4.78 is 0. The second kappa shape index (κ2) is 2.94. The van der Waals surface area contributed by atoms with Crippen LogP contribution in [-0.2, 0) is 12.8 Å². The fourth-order valence-electron chi connectivity index (χ4n) is 8.42. The largest absolute Gasteiger partial charge is 0.0879 e. The van der Waals surface area contributed by atoms with Crippen molar-refractivity contribution in [3.63, 3.8) is 0 Å². The normalized spacial score (nSPS) is 40.5. The van der Waals surface area contributed by atoms with Crippen LogP contribution in [0.5, 0.6) is 0 Å². The van der Waals surface area contributed by atoms with Gasteiger partial charge in [0.2, 0.25) is 0 Å². The molecule has 6 unspecified atom stereocenters. The summed E-state index contributed by atoms with van der Waals surface area (Å²) in [5.74, 6) is 5.05. The van der Waals surface area contributed by atoms with E-state index >= 15 is 0 Å². The van der Waals surface area contributed by atoms with Crippen LogP contribution in [0, 0.1) is 5.92 Å². The van der Waals surface area contributed by atoms with Crippen molar-refractivity contribution in [1.82, 2.24) is 0 Å². The molecule has 0 radical (unpaired) electrons. The molecule has 2 aromatic carbocycles. The molecule has 0 fully saturated rings. The summed E-state index contributed by atoms with van der Waals surface area (Å²) in [6, 6.07) is 5.33.